The van der Waals surface area contributed by atoms with Crippen LogP contribution in [-0.4, -0.2) is 12.2 Å². The van der Waals surface area contributed by atoms with Gasteiger partial charge in [-0.25, -0.2) is 0 Å². The molecular formula is C15H20O2. The molecule has 0 saturated heterocycles. The minimum atomic E-state index is -0.567. The first-order valence-corrected chi connectivity index (χ1v) is 5.76. The van der Waals surface area contributed by atoms with Crippen molar-refractivity contribution < 1.29 is 9.84 Å². The number of aliphatic hydroxyl groups excluding tert-OH is 1. The summed E-state index contributed by atoms with van der Waals surface area (Å²) in [6.07, 6.45) is 2.18. The highest BCUT2D eigenvalue weighted by atomic mass is 16.5. The molecule has 0 amide bonds. The van der Waals surface area contributed by atoms with E-state index in [0.29, 0.717) is 0 Å². The lowest BCUT2D eigenvalue weighted by Crippen LogP contribution is -2.01. The lowest BCUT2D eigenvalue weighted by Gasteiger charge is -2.14. The van der Waals surface area contributed by atoms with E-state index in [9.17, 15) is 5.11 Å². The minimum Gasteiger partial charge on any atom is -0.497 e. The second kappa shape index (κ2) is 6.26. The second-order valence-corrected chi connectivity index (χ2v) is 4.09. The van der Waals surface area contributed by atoms with Crippen LogP contribution >= 0.6 is 0 Å². The van der Waals surface area contributed by atoms with Crippen molar-refractivity contribution in [2.75, 3.05) is 7.11 Å². The van der Waals surface area contributed by atoms with Crippen LogP contribution in [0.1, 0.15) is 31.9 Å². The van der Waals surface area contributed by atoms with Gasteiger partial charge in [-0.15, -0.1) is 0 Å². The Morgan fingerprint density at radius 2 is 2.00 bits per heavy atom. The predicted molar refractivity (Wildman–Crippen MR) is 71.1 cm³/mol. The zero-order valence-corrected chi connectivity index (χ0v) is 10.7. The van der Waals surface area contributed by atoms with Crippen LogP contribution in [0.3, 0.4) is 0 Å². The molecular weight excluding hydrogens is 212 g/mol. The van der Waals surface area contributed by atoms with Crippen molar-refractivity contribution in [1.82, 2.24) is 0 Å². The summed E-state index contributed by atoms with van der Waals surface area (Å²) < 4.78 is 5.09. The van der Waals surface area contributed by atoms with Crippen molar-refractivity contribution in [2.24, 2.45) is 0 Å². The van der Waals surface area contributed by atoms with Gasteiger partial charge >= 0.3 is 0 Å². The molecule has 0 heterocycles. The fraction of sp³-hybridized carbons (Fsp3) is 0.333. The molecule has 0 radical (unpaired) electrons. The molecule has 17 heavy (non-hydrogen) atoms. The summed E-state index contributed by atoms with van der Waals surface area (Å²) in [6, 6.07) is 7.47. The highest BCUT2D eigenvalue weighted by Crippen LogP contribution is 2.26. The van der Waals surface area contributed by atoms with Gasteiger partial charge in [0.1, 0.15) is 11.9 Å². The monoisotopic (exact) mass is 232 g/mol. The van der Waals surface area contributed by atoms with Crippen molar-refractivity contribution in [1.29, 1.82) is 0 Å². The molecule has 2 nitrogen and oxygen atoms in total. The molecule has 1 aromatic rings. The first-order chi connectivity index (χ1) is 8.08. The summed E-state index contributed by atoms with van der Waals surface area (Å²) in [5.74, 6) is 0.794. The van der Waals surface area contributed by atoms with Crippen LogP contribution < -0.4 is 4.74 Å². The van der Waals surface area contributed by atoms with E-state index in [4.69, 9.17) is 4.74 Å². The van der Waals surface area contributed by atoms with E-state index in [2.05, 4.69) is 6.58 Å². The maximum atomic E-state index is 10.2. The highest BCUT2D eigenvalue weighted by molar-refractivity contribution is 5.34. The quantitative estimate of drug-likeness (QED) is 0.785. The van der Waals surface area contributed by atoms with Crippen LogP contribution in [0.2, 0.25) is 0 Å². The predicted octanol–water partition coefficient (Wildman–Crippen LogP) is 3.64. The van der Waals surface area contributed by atoms with E-state index in [1.165, 1.54) is 0 Å². The smallest absolute Gasteiger partial charge is 0.118 e. The summed E-state index contributed by atoms with van der Waals surface area (Å²) in [7, 11) is 1.63. The third kappa shape index (κ3) is 3.75. The van der Waals surface area contributed by atoms with E-state index >= 15 is 0 Å². The normalized spacial score (nSPS) is 13.3. The second-order valence-electron chi connectivity index (χ2n) is 4.09. The number of hydrogen-bond donors (Lipinski definition) is 1. The molecule has 0 bridgehead atoms. The van der Waals surface area contributed by atoms with Gasteiger partial charge in [-0.3, -0.25) is 0 Å². The van der Waals surface area contributed by atoms with Gasteiger partial charge in [-0.05, 0) is 36.6 Å². The lowest BCUT2D eigenvalue weighted by atomic mass is 9.98. The maximum Gasteiger partial charge on any atom is 0.118 e. The molecule has 1 rings (SSSR count). The van der Waals surface area contributed by atoms with Gasteiger partial charge in [-0.2, -0.15) is 0 Å². The first kappa shape index (κ1) is 13.5. The van der Waals surface area contributed by atoms with Crippen molar-refractivity contribution in [3.8, 4) is 5.75 Å². The summed E-state index contributed by atoms with van der Waals surface area (Å²) in [5.41, 5.74) is 2.80. The van der Waals surface area contributed by atoms with E-state index in [1.807, 2.05) is 44.2 Å². The molecule has 2 heteroatoms. The minimum absolute atomic E-state index is 0.567. The summed E-state index contributed by atoms with van der Waals surface area (Å²) in [4.78, 5) is 0. The van der Waals surface area contributed by atoms with Gasteiger partial charge in [0, 0.05) is 0 Å². The van der Waals surface area contributed by atoms with Crippen LogP contribution in [0.5, 0.6) is 5.75 Å². The topological polar surface area (TPSA) is 29.5 Å². The molecule has 92 valence electrons. The number of rotatable bonds is 5. The SMILES string of the molecule is C=C(C)/C=C(\CC)[C@@H](O)c1ccc(OC)cc1. The highest BCUT2D eigenvalue weighted by Gasteiger charge is 2.11. The van der Waals surface area contributed by atoms with E-state index in [1.54, 1.807) is 7.11 Å². The Hall–Kier alpha value is -1.54. The first-order valence-electron chi connectivity index (χ1n) is 5.76. The number of benzene rings is 1. The molecule has 0 aliphatic rings. The van der Waals surface area contributed by atoms with Crippen molar-refractivity contribution in [3.05, 3.63) is 53.6 Å². The number of methoxy groups -OCH3 is 1. The Morgan fingerprint density at radius 3 is 2.41 bits per heavy atom. The van der Waals surface area contributed by atoms with Crippen LogP contribution in [0, 0.1) is 0 Å². The standard InChI is InChI=1S/C15H20O2/c1-5-12(10-11(2)3)15(16)13-6-8-14(17-4)9-7-13/h6-10,15-16H,2,5H2,1,3-4H3/b12-10+/t15-/m1/s1. The molecule has 0 fully saturated rings. The Labute approximate surface area is 103 Å². The van der Waals surface area contributed by atoms with E-state index < -0.39 is 6.10 Å². The van der Waals surface area contributed by atoms with Crippen LogP contribution in [-0.2, 0) is 0 Å². The van der Waals surface area contributed by atoms with E-state index in [-0.39, 0.29) is 0 Å². The molecule has 0 aliphatic heterocycles. The molecule has 0 aliphatic carbocycles. The van der Waals surface area contributed by atoms with Crippen LogP contribution in [0.15, 0.2) is 48.1 Å². The number of aliphatic hydroxyl groups is 1. The fourth-order valence-corrected chi connectivity index (χ4v) is 1.69. The summed E-state index contributed by atoms with van der Waals surface area (Å²) >= 11 is 0. The average Bonchev–Trinajstić information content (AvgIpc) is 2.35. The molecule has 0 unspecified atom stereocenters. The van der Waals surface area contributed by atoms with Gasteiger partial charge in [0.15, 0.2) is 0 Å². The number of ether oxygens (including phenoxy) is 1. The van der Waals surface area contributed by atoms with E-state index in [0.717, 1.165) is 28.9 Å². The van der Waals surface area contributed by atoms with Crippen molar-refractivity contribution in [3.63, 3.8) is 0 Å². The number of hydrogen-bond acceptors (Lipinski definition) is 2. The molecule has 0 aromatic heterocycles. The largest absolute Gasteiger partial charge is 0.497 e. The summed E-state index contributed by atoms with van der Waals surface area (Å²) in [6.45, 7) is 7.80. The third-order valence-electron chi connectivity index (χ3n) is 2.62. The summed E-state index contributed by atoms with van der Waals surface area (Å²) in [5, 5.41) is 10.2. The Morgan fingerprint density at radius 1 is 1.41 bits per heavy atom. The van der Waals surface area contributed by atoms with Gasteiger partial charge < -0.3 is 9.84 Å². The third-order valence-corrected chi connectivity index (χ3v) is 2.62. The molecule has 0 spiro atoms. The Kier molecular flexibility index (Phi) is 4.98. The van der Waals surface area contributed by atoms with Gasteiger partial charge in [0.2, 0.25) is 0 Å². The fourth-order valence-electron chi connectivity index (χ4n) is 1.69. The number of allylic oxidation sites excluding steroid dienone is 2. The maximum absolute atomic E-state index is 10.2. The molecule has 1 atom stereocenters. The molecule has 0 saturated carbocycles. The zero-order valence-electron chi connectivity index (χ0n) is 10.7. The zero-order chi connectivity index (χ0) is 12.8. The van der Waals surface area contributed by atoms with Crippen LogP contribution in [0.25, 0.3) is 0 Å². The van der Waals surface area contributed by atoms with Crippen molar-refractivity contribution in [2.45, 2.75) is 26.4 Å². The molecule has 1 aromatic carbocycles. The van der Waals surface area contributed by atoms with Gasteiger partial charge in [-0.1, -0.05) is 37.3 Å². The van der Waals surface area contributed by atoms with Gasteiger partial charge in [0.05, 0.1) is 7.11 Å². The molecule has 1 N–H and O–H groups in total. The Bertz CT molecular complexity index is 401. The van der Waals surface area contributed by atoms with Crippen molar-refractivity contribution >= 4 is 0 Å². The Balaban J connectivity index is 2.93. The van der Waals surface area contributed by atoms with Crippen LogP contribution in [0.4, 0.5) is 0 Å². The van der Waals surface area contributed by atoms with Gasteiger partial charge in [0.25, 0.3) is 0 Å². The average molecular weight is 232 g/mol. The lowest BCUT2D eigenvalue weighted by molar-refractivity contribution is 0.212.